The monoisotopic (exact) mass is 373 g/mol. The summed E-state index contributed by atoms with van der Waals surface area (Å²) in [5.74, 6) is 0.825. The van der Waals surface area contributed by atoms with Crippen LogP contribution in [0.1, 0.15) is 24.4 Å². The molecule has 0 aliphatic rings. The van der Waals surface area contributed by atoms with Gasteiger partial charge in [0.15, 0.2) is 0 Å². The van der Waals surface area contributed by atoms with E-state index in [9.17, 15) is 4.39 Å². The van der Waals surface area contributed by atoms with Crippen molar-refractivity contribution in [2.45, 2.75) is 19.4 Å². The first-order chi connectivity index (χ1) is 9.11. The Morgan fingerprint density at radius 3 is 2.84 bits per heavy atom. The van der Waals surface area contributed by atoms with Gasteiger partial charge in [0.05, 0.1) is 0 Å². The molecule has 0 aliphatic carbocycles. The first kappa shape index (κ1) is 14.5. The number of hydrogen-bond acceptors (Lipinski definition) is 2. The summed E-state index contributed by atoms with van der Waals surface area (Å²) in [7, 11) is 1.99. The number of aryl methyl sites for hydroxylation is 1. The van der Waals surface area contributed by atoms with E-state index >= 15 is 0 Å². The van der Waals surface area contributed by atoms with Crippen LogP contribution < -0.4 is 5.32 Å². The molecule has 0 spiro atoms. The van der Waals surface area contributed by atoms with Crippen LogP contribution in [0.4, 0.5) is 4.39 Å². The molecule has 1 aromatic heterocycles. The molecule has 3 nitrogen and oxygen atoms in total. The molecule has 0 saturated heterocycles. The number of nitrogens with one attached hydrogen (secondary N) is 1. The fourth-order valence-corrected chi connectivity index (χ4v) is 2.95. The van der Waals surface area contributed by atoms with E-state index in [1.54, 1.807) is 12.3 Å². The number of benzene rings is 1. The van der Waals surface area contributed by atoms with Crippen molar-refractivity contribution in [3.63, 3.8) is 0 Å². The van der Waals surface area contributed by atoms with Gasteiger partial charge >= 0.3 is 0 Å². The predicted octanol–water partition coefficient (Wildman–Crippen LogP) is 3.06. The topological polar surface area (TPSA) is 29.9 Å². The molecule has 2 aromatic rings. The standard InChI is InChI=1S/C14H17FIN3/c1-3-17-13(9-14-18-6-7-19(14)2)11-5-4-10(15)8-12(11)16/h4-8,13,17H,3,9H2,1-2H3. The van der Waals surface area contributed by atoms with Crippen LogP contribution in [0.3, 0.4) is 0 Å². The van der Waals surface area contributed by atoms with Crippen molar-refractivity contribution >= 4 is 22.6 Å². The van der Waals surface area contributed by atoms with Gasteiger partial charge in [0.2, 0.25) is 0 Å². The molecule has 1 atom stereocenters. The number of halogens is 2. The third-order valence-electron chi connectivity index (χ3n) is 3.10. The fraction of sp³-hybridized carbons (Fsp3) is 0.357. The summed E-state index contributed by atoms with van der Waals surface area (Å²) in [6, 6.07) is 5.09. The number of aromatic nitrogens is 2. The van der Waals surface area contributed by atoms with Gasteiger partial charge in [-0.15, -0.1) is 0 Å². The zero-order valence-corrected chi connectivity index (χ0v) is 13.2. The van der Waals surface area contributed by atoms with Crippen molar-refractivity contribution in [1.29, 1.82) is 0 Å². The van der Waals surface area contributed by atoms with E-state index in [1.165, 1.54) is 6.07 Å². The first-order valence-corrected chi connectivity index (χ1v) is 7.34. The van der Waals surface area contributed by atoms with E-state index < -0.39 is 0 Å². The van der Waals surface area contributed by atoms with Crippen molar-refractivity contribution < 1.29 is 4.39 Å². The number of hydrogen-bond donors (Lipinski definition) is 1. The molecule has 0 bridgehead atoms. The Kier molecular flexibility index (Phi) is 4.93. The van der Waals surface area contributed by atoms with Crippen molar-refractivity contribution in [3.8, 4) is 0 Å². The molecular weight excluding hydrogens is 356 g/mol. The summed E-state index contributed by atoms with van der Waals surface area (Å²) in [5.41, 5.74) is 1.12. The second-order valence-corrected chi connectivity index (χ2v) is 5.60. The summed E-state index contributed by atoms with van der Waals surface area (Å²) in [6.07, 6.45) is 4.53. The van der Waals surface area contributed by atoms with E-state index in [0.29, 0.717) is 0 Å². The lowest BCUT2D eigenvalue weighted by Crippen LogP contribution is -2.25. The summed E-state index contributed by atoms with van der Waals surface area (Å²) < 4.78 is 16.2. The minimum atomic E-state index is -0.194. The molecule has 0 saturated carbocycles. The molecule has 0 aliphatic heterocycles. The molecule has 102 valence electrons. The molecule has 2 rings (SSSR count). The third kappa shape index (κ3) is 3.54. The molecule has 0 radical (unpaired) electrons. The van der Waals surface area contributed by atoms with Gasteiger partial charge in [0.1, 0.15) is 11.6 Å². The maximum absolute atomic E-state index is 13.2. The van der Waals surface area contributed by atoms with Gasteiger partial charge in [-0.3, -0.25) is 0 Å². The Labute approximate surface area is 126 Å². The lowest BCUT2D eigenvalue weighted by molar-refractivity contribution is 0.525. The summed E-state index contributed by atoms with van der Waals surface area (Å²) in [5, 5.41) is 3.44. The zero-order valence-electron chi connectivity index (χ0n) is 11.0. The molecule has 1 heterocycles. The summed E-state index contributed by atoms with van der Waals surface area (Å²) in [6.45, 7) is 2.93. The maximum Gasteiger partial charge on any atom is 0.124 e. The Bertz CT molecular complexity index is 553. The highest BCUT2D eigenvalue weighted by atomic mass is 127. The quantitative estimate of drug-likeness (QED) is 0.817. The second kappa shape index (κ2) is 6.47. The van der Waals surface area contributed by atoms with Crippen LogP contribution in [-0.4, -0.2) is 16.1 Å². The number of imidazole rings is 1. The highest BCUT2D eigenvalue weighted by Crippen LogP contribution is 2.23. The first-order valence-electron chi connectivity index (χ1n) is 6.26. The van der Waals surface area contributed by atoms with Gasteiger partial charge in [0, 0.05) is 35.5 Å². The Morgan fingerprint density at radius 2 is 2.26 bits per heavy atom. The van der Waals surface area contributed by atoms with Gasteiger partial charge in [-0.1, -0.05) is 13.0 Å². The highest BCUT2D eigenvalue weighted by molar-refractivity contribution is 14.1. The van der Waals surface area contributed by atoms with Gasteiger partial charge in [-0.05, 0) is 46.8 Å². The third-order valence-corrected chi connectivity index (χ3v) is 4.03. The van der Waals surface area contributed by atoms with Crippen molar-refractivity contribution in [2.75, 3.05) is 6.54 Å². The van der Waals surface area contributed by atoms with Crippen LogP contribution in [0, 0.1) is 9.39 Å². The average Bonchev–Trinajstić information content (AvgIpc) is 2.75. The predicted molar refractivity (Wildman–Crippen MR) is 82.4 cm³/mol. The van der Waals surface area contributed by atoms with Gasteiger partial charge in [0.25, 0.3) is 0 Å². The van der Waals surface area contributed by atoms with Gasteiger partial charge < -0.3 is 9.88 Å². The Balaban J connectivity index is 2.27. The Hall–Kier alpha value is -0.950. The van der Waals surface area contributed by atoms with Crippen LogP contribution in [-0.2, 0) is 13.5 Å². The van der Waals surface area contributed by atoms with E-state index in [-0.39, 0.29) is 11.9 Å². The average molecular weight is 373 g/mol. The van der Waals surface area contributed by atoms with Gasteiger partial charge in [-0.2, -0.15) is 0 Å². The molecule has 0 amide bonds. The van der Waals surface area contributed by atoms with Crippen LogP contribution >= 0.6 is 22.6 Å². The van der Waals surface area contributed by atoms with Crippen LogP contribution in [0.25, 0.3) is 0 Å². The van der Waals surface area contributed by atoms with Gasteiger partial charge in [-0.25, -0.2) is 9.37 Å². The largest absolute Gasteiger partial charge is 0.338 e. The second-order valence-electron chi connectivity index (χ2n) is 4.43. The zero-order chi connectivity index (χ0) is 13.8. The SMILES string of the molecule is CCNC(Cc1nccn1C)c1ccc(F)cc1I. The summed E-state index contributed by atoms with van der Waals surface area (Å²) >= 11 is 2.18. The van der Waals surface area contributed by atoms with E-state index in [2.05, 4.69) is 39.8 Å². The number of rotatable bonds is 5. The van der Waals surface area contributed by atoms with Crippen molar-refractivity contribution in [2.24, 2.45) is 7.05 Å². The van der Waals surface area contributed by atoms with Crippen LogP contribution in [0.15, 0.2) is 30.6 Å². The lowest BCUT2D eigenvalue weighted by Gasteiger charge is -2.19. The molecule has 19 heavy (non-hydrogen) atoms. The molecule has 1 aromatic carbocycles. The molecule has 5 heteroatoms. The minimum Gasteiger partial charge on any atom is -0.338 e. The Morgan fingerprint density at radius 1 is 1.47 bits per heavy atom. The normalized spacial score (nSPS) is 12.6. The van der Waals surface area contributed by atoms with E-state index in [4.69, 9.17) is 0 Å². The smallest absolute Gasteiger partial charge is 0.124 e. The molecule has 0 fully saturated rings. The van der Waals surface area contributed by atoms with Crippen molar-refractivity contribution in [3.05, 3.63) is 51.4 Å². The highest BCUT2D eigenvalue weighted by Gasteiger charge is 2.16. The van der Waals surface area contributed by atoms with Crippen LogP contribution in [0.5, 0.6) is 0 Å². The molecular formula is C14H17FIN3. The van der Waals surface area contributed by atoms with Crippen LogP contribution in [0.2, 0.25) is 0 Å². The molecule has 1 N–H and O–H groups in total. The lowest BCUT2D eigenvalue weighted by atomic mass is 10.0. The fourth-order valence-electron chi connectivity index (χ4n) is 2.10. The van der Waals surface area contributed by atoms with E-state index in [0.717, 1.165) is 27.9 Å². The maximum atomic E-state index is 13.2. The molecule has 1 unspecified atom stereocenters. The summed E-state index contributed by atoms with van der Waals surface area (Å²) in [4.78, 5) is 4.36. The number of likely N-dealkylation sites (N-methyl/N-ethyl adjacent to an activating group) is 1. The van der Waals surface area contributed by atoms with E-state index in [1.807, 2.05) is 23.9 Å². The van der Waals surface area contributed by atoms with Crippen molar-refractivity contribution in [1.82, 2.24) is 14.9 Å². The number of nitrogens with zero attached hydrogens (tertiary/aromatic N) is 2. The minimum absolute atomic E-state index is 0.151.